The molecule has 4 rings (SSSR count). The summed E-state index contributed by atoms with van der Waals surface area (Å²) in [4.78, 5) is 33.5. The van der Waals surface area contributed by atoms with Gasteiger partial charge in [0.15, 0.2) is 0 Å². The highest BCUT2D eigenvalue weighted by molar-refractivity contribution is 5.85. The van der Waals surface area contributed by atoms with E-state index in [1.54, 1.807) is 18.2 Å². The van der Waals surface area contributed by atoms with Gasteiger partial charge in [0, 0.05) is 23.5 Å². The molecule has 3 aliphatic rings. The van der Waals surface area contributed by atoms with Crippen LogP contribution in [-0.4, -0.2) is 27.1 Å². The Morgan fingerprint density at radius 1 is 1.05 bits per heavy atom. The molecule has 1 aromatic carbocycles. The van der Waals surface area contributed by atoms with Crippen LogP contribution >= 0.6 is 0 Å². The Bertz CT molecular complexity index is 695. The van der Waals surface area contributed by atoms with E-state index >= 15 is 0 Å². The van der Waals surface area contributed by atoms with Crippen molar-refractivity contribution in [2.45, 2.75) is 11.8 Å². The minimum Gasteiger partial charge on any atom is -0.481 e. The van der Waals surface area contributed by atoms with Gasteiger partial charge in [0.25, 0.3) is 5.69 Å². The fraction of sp³-hybridized carbons (Fsp3) is 0.286. The van der Waals surface area contributed by atoms with Crippen LogP contribution in [0.25, 0.3) is 0 Å². The Balaban J connectivity index is 2.26. The third-order valence-corrected chi connectivity index (χ3v) is 4.26. The molecule has 0 aliphatic heterocycles. The molecule has 108 valence electrons. The Labute approximate surface area is 118 Å². The molecule has 2 bridgehead atoms. The highest BCUT2D eigenvalue weighted by atomic mass is 16.6. The molecule has 0 spiro atoms. The number of carboxylic acid groups (broad SMARTS) is 2. The molecule has 3 aliphatic carbocycles. The van der Waals surface area contributed by atoms with Crippen LogP contribution in [-0.2, 0) is 9.59 Å². The lowest BCUT2D eigenvalue weighted by atomic mass is 9.59. The predicted molar refractivity (Wildman–Crippen MR) is 70.0 cm³/mol. The Kier molecular flexibility index (Phi) is 2.79. The topological polar surface area (TPSA) is 118 Å². The van der Waals surface area contributed by atoms with E-state index < -0.39 is 40.5 Å². The number of hydrogen-bond acceptors (Lipinski definition) is 4. The number of hydrogen-bond donors (Lipinski definition) is 2. The number of rotatable bonds is 3. The average molecular weight is 289 g/mol. The van der Waals surface area contributed by atoms with E-state index in [-0.39, 0.29) is 5.69 Å². The van der Waals surface area contributed by atoms with Crippen molar-refractivity contribution in [2.24, 2.45) is 11.8 Å². The van der Waals surface area contributed by atoms with E-state index in [1.807, 2.05) is 0 Å². The summed E-state index contributed by atoms with van der Waals surface area (Å²) in [6, 6.07) is 4.46. The highest BCUT2D eigenvalue weighted by Crippen LogP contribution is 2.54. The maximum Gasteiger partial charge on any atom is 0.308 e. The van der Waals surface area contributed by atoms with Gasteiger partial charge in [-0.2, -0.15) is 0 Å². The molecule has 4 atom stereocenters. The lowest BCUT2D eigenvalue weighted by molar-refractivity contribution is -0.385. The van der Waals surface area contributed by atoms with Crippen LogP contribution in [0.4, 0.5) is 5.69 Å². The standard InChI is InChI=1S/C14H11NO6/c16-13(17)11-7-4-5-8(12(11)14(18)19)10-6(7)2-1-3-9(10)15(20)21/h1-5,7-8,11-12H,(H,16,17)(H,18,19). The van der Waals surface area contributed by atoms with Gasteiger partial charge in [0.05, 0.1) is 16.8 Å². The van der Waals surface area contributed by atoms with Gasteiger partial charge in [-0.05, 0) is 5.56 Å². The summed E-state index contributed by atoms with van der Waals surface area (Å²) in [5.41, 5.74) is 0.725. The van der Waals surface area contributed by atoms with E-state index in [0.717, 1.165) is 0 Å². The largest absolute Gasteiger partial charge is 0.481 e. The number of carbonyl (C=O) groups is 2. The van der Waals surface area contributed by atoms with Crippen molar-refractivity contribution < 1.29 is 24.7 Å². The van der Waals surface area contributed by atoms with Gasteiger partial charge >= 0.3 is 11.9 Å². The summed E-state index contributed by atoms with van der Waals surface area (Å²) in [6.45, 7) is 0. The van der Waals surface area contributed by atoms with E-state index in [0.29, 0.717) is 11.1 Å². The molecule has 0 radical (unpaired) electrons. The Hall–Kier alpha value is -2.70. The number of nitro groups is 1. The zero-order chi connectivity index (χ0) is 15.3. The predicted octanol–water partition coefficient (Wildman–Crippen LogP) is 1.75. The summed E-state index contributed by atoms with van der Waals surface area (Å²) in [6.07, 6.45) is 3.23. The summed E-state index contributed by atoms with van der Waals surface area (Å²) in [5, 5.41) is 29.9. The molecular weight excluding hydrogens is 278 g/mol. The SMILES string of the molecule is O=C(O)C1C2C=CC(c3c2cccc3[N+](=O)[O-])C1C(=O)O. The van der Waals surface area contributed by atoms with Crippen molar-refractivity contribution in [1.82, 2.24) is 0 Å². The van der Waals surface area contributed by atoms with Crippen molar-refractivity contribution in [1.29, 1.82) is 0 Å². The van der Waals surface area contributed by atoms with Crippen molar-refractivity contribution in [2.75, 3.05) is 0 Å². The molecule has 0 saturated heterocycles. The number of nitrogens with zero attached hydrogens (tertiary/aromatic N) is 1. The van der Waals surface area contributed by atoms with E-state index in [1.165, 1.54) is 12.1 Å². The highest BCUT2D eigenvalue weighted by Gasteiger charge is 2.53. The second kappa shape index (κ2) is 4.41. The number of allylic oxidation sites excluding steroid dienone is 2. The second-order valence-electron chi connectivity index (χ2n) is 5.20. The number of fused-ring (bicyclic) bond motifs is 1. The summed E-state index contributed by atoms with van der Waals surface area (Å²) in [7, 11) is 0. The molecule has 7 nitrogen and oxygen atoms in total. The smallest absolute Gasteiger partial charge is 0.308 e. The van der Waals surface area contributed by atoms with Crippen LogP contribution in [0.15, 0.2) is 30.4 Å². The van der Waals surface area contributed by atoms with Crippen molar-refractivity contribution in [3.05, 3.63) is 51.6 Å². The van der Waals surface area contributed by atoms with Crippen LogP contribution < -0.4 is 0 Å². The van der Waals surface area contributed by atoms with Crippen LogP contribution in [0.3, 0.4) is 0 Å². The summed E-state index contributed by atoms with van der Waals surface area (Å²) in [5.74, 6) is -6.17. The zero-order valence-corrected chi connectivity index (χ0v) is 10.7. The molecule has 7 heteroatoms. The van der Waals surface area contributed by atoms with Gasteiger partial charge in [-0.15, -0.1) is 0 Å². The van der Waals surface area contributed by atoms with Crippen molar-refractivity contribution in [3.8, 4) is 0 Å². The maximum absolute atomic E-state index is 11.5. The molecule has 0 aromatic heterocycles. The van der Waals surface area contributed by atoms with E-state index in [4.69, 9.17) is 0 Å². The number of aliphatic carboxylic acids is 2. The normalized spacial score (nSPS) is 29.0. The van der Waals surface area contributed by atoms with E-state index in [2.05, 4.69) is 0 Å². The molecule has 4 unspecified atom stereocenters. The second-order valence-corrected chi connectivity index (χ2v) is 5.20. The fourth-order valence-corrected chi connectivity index (χ4v) is 3.50. The molecule has 1 aromatic rings. The van der Waals surface area contributed by atoms with Gasteiger partial charge in [-0.3, -0.25) is 19.7 Å². The minimum absolute atomic E-state index is 0.151. The zero-order valence-electron chi connectivity index (χ0n) is 10.7. The fourth-order valence-electron chi connectivity index (χ4n) is 3.50. The summed E-state index contributed by atoms with van der Waals surface area (Å²) < 4.78 is 0. The van der Waals surface area contributed by atoms with Gasteiger partial charge in [0.2, 0.25) is 0 Å². The number of nitro benzene ring substituents is 1. The third kappa shape index (κ3) is 1.74. The van der Waals surface area contributed by atoms with Crippen LogP contribution in [0.2, 0.25) is 0 Å². The number of carboxylic acids is 2. The monoisotopic (exact) mass is 289 g/mol. The Morgan fingerprint density at radius 2 is 1.62 bits per heavy atom. The quantitative estimate of drug-likeness (QED) is 0.497. The first kappa shape index (κ1) is 13.3. The van der Waals surface area contributed by atoms with Gasteiger partial charge in [0.1, 0.15) is 0 Å². The molecule has 0 amide bonds. The van der Waals surface area contributed by atoms with Crippen LogP contribution in [0.5, 0.6) is 0 Å². The van der Waals surface area contributed by atoms with Crippen LogP contribution in [0.1, 0.15) is 23.0 Å². The molecule has 0 saturated carbocycles. The third-order valence-electron chi connectivity index (χ3n) is 4.26. The van der Waals surface area contributed by atoms with Crippen molar-refractivity contribution in [3.63, 3.8) is 0 Å². The van der Waals surface area contributed by atoms with Crippen LogP contribution in [0, 0.1) is 22.0 Å². The summed E-state index contributed by atoms with van der Waals surface area (Å²) >= 11 is 0. The first-order valence-electron chi connectivity index (χ1n) is 6.34. The molecular formula is C14H11NO6. The molecule has 0 heterocycles. The first-order valence-corrected chi connectivity index (χ1v) is 6.34. The lowest BCUT2D eigenvalue weighted by Crippen LogP contribution is -2.43. The first-order chi connectivity index (χ1) is 9.93. The lowest BCUT2D eigenvalue weighted by Gasteiger charge is -2.41. The Morgan fingerprint density at radius 3 is 2.19 bits per heavy atom. The van der Waals surface area contributed by atoms with Gasteiger partial charge < -0.3 is 10.2 Å². The molecule has 0 fully saturated rings. The molecule has 2 N–H and O–H groups in total. The minimum atomic E-state index is -1.24. The molecule has 21 heavy (non-hydrogen) atoms. The van der Waals surface area contributed by atoms with Gasteiger partial charge in [-0.25, -0.2) is 0 Å². The van der Waals surface area contributed by atoms with Gasteiger partial charge in [-0.1, -0.05) is 24.3 Å². The number of benzene rings is 1. The maximum atomic E-state index is 11.5. The van der Waals surface area contributed by atoms with Crippen molar-refractivity contribution >= 4 is 17.6 Å². The average Bonchev–Trinajstić information content (AvgIpc) is 2.45. The van der Waals surface area contributed by atoms with E-state index in [9.17, 15) is 29.9 Å².